The van der Waals surface area contributed by atoms with Gasteiger partial charge in [0.25, 0.3) is 0 Å². The van der Waals surface area contributed by atoms with Crippen molar-refractivity contribution in [2.45, 2.75) is 32.6 Å². The van der Waals surface area contributed by atoms with Gasteiger partial charge in [-0.1, -0.05) is 12.1 Å². The Bertz CT molecular complexity index is 657. The van der Waals surface area contributed by atoms with Crippen LogP contribution >= 0.6 is 0 Å². The summed E-state index contributed by atoms with van der Waals surface area (Å²) in [6.45, 7) is 4.42. The highest BCUT2D eigenvalue weighted by molar-refractivity contribution is 5.79. The zero-order chi connectivity index (χ0) is 19.6. The zero-order valence-corrected chi connectivity index (χ0v) is 15.8. The first-order chi connectivity index (χ1) is 13.0. The number of nitrogens with zero attached hydrogens (tertiary/aromatic N) is 2. The number of amides is 3. The SMILES string of the molecule is Cc1cccc(OCCC(=O)N2CCN(C(=O)CCCC(=O)NN)CC2)c1. The Morgan fingerprint density at radius 2 is 1.67 bits per heavy atom. The Kier molecular flexibility index (Phi) is 8.06. The standard InChI is InChI=1S/C19H28N4O4/c1-15-4-2-5-16(14-15)27-13-8-19(26)23-11-9-22(10-12-23)18(25)7-3-6-17(24)21-20/h2,4-5,14H,3,6-13,20H2,1H3,(H,21,24). The third kappa shape index (κ3) is 6.90. The van der Waals surface area contributed by atoms with Crippen molar-refractivity contribution in [1.29, 1.82) is 0 Å². The van der Waals surface area contributed by atoms with Crippen molar-refractivity contribution in [3.8, 4) is 5.75 Å². The maximum absolute atomic E-state index is 12.3. The normalized spacial score (nSPS) is 14.0. The van der Waals surface area contributed by atoms with Gasteiger partial charge in [0.2, 0.25) is 17.7 Å². The Hall–Kier alpha value is -2.61. The smallest absolute Gasteiger partial charge is 0.233 e. The third-order valence-corrected chi connectivity index (χ3v) is 4.51. The van der Waals surface area contributed by atoms with Crippen LogP contribution in [0.5, 0.6) is 5.75 Å². The molecule has 0 aromatic heterocycles. The van der Waals surface area contributed by atoms with Crippen LogP contribution in [0.1, 0.15) is 31.2 Å². The fourth-order valence-corrected chi connectivity index (χ4v) is 2.96. The average Bonchev–Trinajstić information content (AvgIpc) is 2.67. The molecule has 1 aliphatic heterocycles. The van der Waals surface area contributed by atoms with E-state index in [0.29, 0.717) is 52.0 Å². The lowest BCUT2D eigenvalue weighted by molar-refractivity contribution is -0.140. The van der Waals surface area contributed by atoms with Crippen LogP contribution in [-0.2, 0) is 14.4 Å². The van der Waals surface area contributed by atoms with Crippen LogP contribution in [0.2, 0.25) is 0 Å². The van der Waals surface area contributed by atoms with Crippen LogP contribution in [0, 0.1) is 6.92 Å². The number of carbonyl (C=O) groups is 3. The Morgan fingerprint density at radius 1 is 1.04 bits per heavy atom. The second kappa shape index (κ2) is 10.5. The van der Waals surface area contributed by atoms with Gasteiger partial charge >= 0.3 is 0 Å². The largest absolute Gasteiger partial charge is 0.493 e. The van der Waals surface area contributed by atoms with E-state index < -0.39 is 0 Å². The van der Waals surface area contributed by atoms with Gasteiger partial charge in [-0.2, -0.15) is 0 Å². The van der Waals surface area contributed by atoms with Gasteiger partial charge in [0, 0.05) is 39.0 Å². The van der Waals surface area contributed by atoms with Crippen molar-refractivity contribution in [1.82, 2.24) is 15.2 Å². The molecule has 148 valence electrons. The van der Waals surface area contributed by atoms with Crippen molar-refractivity contribution >= 4 is 17.7 Å². The van der Waals surface area contributed by atoms with E-state index in [4.69, 9.17) is 10.6 Å². The molecular weight excluding hydrogens is 348 g/mol. The Balaban J connectivity index is 1.64. The molecule has 8 heteroatoms. The summed E-state index contributed by atoms with van der Waals surface area (Å²) in [6.07, 6.45) is 1.33. The molecule has 0 aliphatic carbocycles. The summed E-state index contributed by atoms with van der Waals surface area (Å²) >= 11 is 0. The number of carbonyl (C=O) groups excluding carboxylic acids is 3. The van der Waals surface area contributed by atoms with Gasteiger partial charge in [0.05, 0.1) is 13.0 Å². The fraction of sp³-hybridized carbons (Fsp3) is 0.526. The number of rotatable bonds is 8. The van der Waals surface area contributed by atoms with Crippen molar-refractivity contribution in [3.63, 3.8) is 0 Å². The number of piperazine rings is 1. The topological polar surface area (TPSA) is 105 Å². The molecule has 1 aromatic rings. The summed E-state index contributed by atoms with van der Waals surface area (Å²) in [4.78, 5) is 39.0. The minimum absolute atomic E-state index is 0.00898. The lowest BCUT2D eigenvalue weighted by Gasteiger charge is -2.35. The van der Waals surface area contributed by atoms with Crippen LogP contribution in [-0.4, -0.2) is 60.3 Å². The first kappa shape index (κ1) is 20.7. The molecule has 0 bridgehead atoms. The Morgan fingerprint density at radius 3 is 2.26 bits per heavy atom. The van der Waals surface area contributed by atoms with E-state index in [0.717, 1.165) is 11.3 Å². The first-order valence-electron chi connectivity index (χ1n) is 9.24. The van der Waals surface area contributed by atoms with Gasteiger partial charge in [-0.15, -0.1) is 0 Å². The molecule has 2 rings (SSSR count). The molecule has 3 N–H and O–H groups in total. The fourth-order valence-electron chi connectivity index (χ4n) is 2.96. The van der Waals surface area contributed by atoms with Gasteiger partial charge in [-0.25, -0.2) is 5.84 Å². The Labute approximate surface area is 159 Å². The molecule has 27 heavy (non-hydrogen) atoms. The highest BCUT2D eigenvalue weighted by Gasteiger charge is 2.23. The summed E-state index contributed by atoms with van der Waals surface area (Å²) in [6, 6.07) is 7.72. The molecule has 8 nitrogen and oxygen atoms in total. The van der Waals surface area contributed by atoms with E-state index in [9.17, 15) is 14.4 Å². The van der Waals surface area contributed by atoms with E-state index in [1.165, 1.54) is 0 Å². The number of hydrogen-bond acceptors (Lipinski definition) is 5. The quantitative estimate of drug-likeness (QED) is 0.393. The third-order valence-electron chi connectivity index (χ3n) is 4.51. The molecule has 0 radical (unpaired) electrons. The lowest BCUT2D eigenvalue weighted by atomic mass is 10.2. The van der Waals surface area contributed by atoms with Gasteiger partial charge in [0.1, 0.15) is 5.75 Å². The summed E-state index contributed by atoms with van der Waals surface area (Å²) < 4.78 is 5.63. The molecule has 1 fully saturated rings. The number of benzene rings is 1. The zero-order valence-electron chi connectivity index (χ0n) is 15.8. The highest BCUT2D eigenvalue weighted by Crippen LogP contribution is 2.13. The first-order valence-corrected chi connectivity index (χ1v) is 9.24. The molecule has 0 spiro atoms. The molecule has 1 aromatic carbocycles. The predicted octanol–water partition coefficient (Wildman–Crippen LogP) is 0.595. The monoisotopic (exact) mass is 376 g/mol. The number of nitrogens with two attached hydrogens (primary N) is 1. The maximum atomic E-state index is 12.3. The van der Waals surface area contributed by atoms with Gasteiger partial charge in [0.15, 0.2) is 0 Å². The van der Waals surface area contributed by atoms with E-state index in [1.807, 2.05) is 36.6 Å². The molecular formula is C19H28N4O4. The number of hydrogen-bond donors (Lipinski definition) is 2. The van der Waals surface area contributed by atoms with Gasteiger partial charge in [-0.3, -0.25) is 19.8 Å². The summed E-state index contributed by atoms with van der Waals surface area (Å²) in [7, 11) is 0. The molecule has 3 amide bonds. The number of nitrogens with one attached hydrogen (secondary N) is 1. The molecule has 0 saturated carbocycles. The summed E-state index contributed by atoms with van der Waals surface area (Å²) in [5.74, 6) is 5.55. The van der Waals surface area contributed by atoms with Crippen molar-refractivity contribution in [2.75, 3.05) is 32.8 Å². The van der Waals surface area contributed by atoms with Gasteiger partial charge < -0.3 is 14.5 Å². The van der Waals surface area contributed by atoms with E-state index in [2.05, 4.69) is 0 Å². The summed E-state index contributed by atoms with van der Waals surface area (Å²) in [5, 5.41) is 0. The molecule has 0 unspecified atom stereocenters. The van der Waals surface area contributed by atoms with Crippen LogP contribution in [0.3, 0.4) is 0 Å². The van der Waals surface area contributed by atoms with Crippen molar-refractivity contribution in [2.24, 2.45) is 5.84 Å². The molecule has 1 heterocycles. The number of aryl methyl sites for hydroxylation is 1. The second-order valence-electron chi connectivity index (χ2n) is 6.60. The number of ether oxygens (including phenoxy) is 1. The van der Waals surface area contributed by atoms with Crippen molar-refractivity contribution in [3.05, 3.63) is 29.8 Å². The van der Waals surface area contributed by atoms with E-state index in [-0.39, 0.29) is 24.1 Å². The van der Waals surface area contributed by atoms with Crippen LogP contribution in [0.15, 0.2) is 24.3 Å². The lowest BCUT2D eigenvalue weighted by Crippen LogP contribution is -2.50. The van der Waals surface area contributed by atoms with Crippen LogP contribution in [0.4, 0.5) is 0 Å². The molecule has 0 atom stereocenters. The minimum Gasteiger partial charge on any atom is -0.493 e. The number of hydrazine groups is 1. The van der Waals surface area contributed by atoms with Crippen LogP contribution < -0.4 is 16.0 Å². The average molecular weight is 376 g/mol. The van der Waals surface area contributed by atoms with Crippen molar-refractivity contribution < 1.29 is 19.1 Å². The molecule has 1 aliphatic rings. The van der Waals surface area contributed by atoms with Crippen LogP contribution in [0.25, 0.3) is 0 Å². The maximum Gasteiger partial charge on any atom is 0.233 e. The van der Waals surface area contributed by atoms with Gasteiger partial charge in [-0.05, 0) is 31.0 Å². The molecule has 1 saturated heterocycles. The van der Waals surface area contributed by atoms with E-state index in [1.54, 1.807) is 9.80 Å². The summed E-state index contributed by atoms with van der Waals surface area (Å²) in [5.41, 5.74) is 3.16. The highest BCUT2D eigenvalue weighted by atomic mass is 16.5. The predicted molar refractivity (Wildman–Crippen MR) is 101 cm³/mol. The second-order valence-corrected chi connectivity index (χ2v) is 6.60. The van der Waals surface area contributed by atoms with E-state index >= 15 is 0 Å². The minimum atomic E-state index is -0.272.